The zero-order chi connectivity index (χ0) is 13.2. The van der Waals surface area contributed by atoms with E-state index in [2.05, 4.69) is 22.1 Å². The highest BCUT2D eigenvalue weighted by Gasteiger charge is 2.26. The highest BCUT2D eigenvalue weighted by molar-refractivity contribution is 5.74. The van der Waals surface area contributed by atoms with Gasteiger partial charge < -0.3 is 14.6 Å². The van der Waals surface area contributed by atoms with Gasteiger partial charge in [0.2, 0.25) is 0 Å². The Labute approximate surface area is 113 Å². The van der Waals surface area contributed by atoms with Crippen LogP contribution in [0, 0.1) is 5.92 Å². The van der Waals surface area contributed by atoms with Crippen LogP contribution in [-0.2, 0) is 0 Å². The molecule has 1 saturated heterocycles. The molecule has 2 heterocycles. The van der Waals surface area contributed by atoms with Crippen LogP contribution in [0.2, 0.25) is 0 Å². The van der Waals surface area contributed by atoms with Gasteiger partial charge in [0.15, 0.2) is 5.58 Å². The molecule has 1 aliphatic heterocycles. The molecule has 0 aliphatic carbocycles. The van der Waals surface area contributed by atoms with Gasteiger partial charge in [-0.3, -0.25) is 0 Å². The first-order chi connectivity index (χ1) is 9.28. The molecule has 0 radical (unpaired) electrons. The number of nitrogens with one attached hydrogen (secondary N) is 1. The summed E-state index contributed by atoms with van der Waals surface area (Å²) in [7, 11) is 2.03. The number of aromatic nitrogens is 1. The molecule has 2 unspecified atom stereocenters. The number of para-hydroxylation sites is 2. The highest BCUT2D eigenvalue weighted by atomic mass is 16.4. The van der Waals surface area contributed by atoms with Gasteiger partial charge in [0.05, 0.1) is 0 Å². The molecule has 0 saturated carbocycles. The molecule has 102 valence electrons. The van der Waals surface area contributed by atoms with Crippen LogP contribution < -0.4 is 10.2 Å². The average molecular weight is 259 g/mol. The van der Waals surface area contributed by atoms with Gasteiger partial charge in [-0.05, 0) is 44.9 Å². The van der Waals surface area contributed by atoms with Crippen molar-refractivity contribution >= 4 is 17.1 Å². The smallest absolute Gasteiger partial charge is 0.298 e. The van der Waals surface area contributed by atoms with E-state index in [4.69, 9.17) is 4.42 Å². The second-order valence-corrected chi connectivity index (χ2v) is 5.39. The van der Waals surface area contributed by atoms with E-state index >= 15 is 0 Å². The van der Waals surface area contributed by atoms with E-state index in [1.807, 2.05) is 31.3 Å². The minimum Gasteiger partial charge on any atom is -0.423 e. The van der Waals surface area contributed by atoms with E-state index in [0.29, 0.717) is 12.0 Å². The number of rotatable bonds is 3. The first-order valence-corrected chi connectivity index (χ1v) is 7.05. The normalized spacial score (nSPS) is 21.8. The zero-order valence-electron chi connectivity index (χ0n) is 11.6. The van der Waals surface area contributed by atoms with Crippen molar-refractivity contribution in [3.63, 3.8) is 0 Å². The maximum absolute atomic E-state index is 5.86. The predicted molar refractivity (Wildman–Crippen MR) is 77.5 cm³/mol. The van der Waals surface area contributed by atoms with Gasteiger partial charge in [-0.25, -0.2) is 0 Å². The van der Waals surface area contributed by atoms with Crippen molar-refractivity contribution in [1.29, 1.82) is 0 Å². The fourth-order valence-electron chi connectivity index (χ4n) is 2.82. The van der Waals surface area contributed by atoms with Crippen LogP contribution in [0.1, 0.15) is 19.8 Å². The third-order valence-corrected chi connectivity index (χ3v) is 4.17. The predicted octanol–water partition coefficient (Wildman–Crippen LogP) is 2.65. The maximum atomic E-state index is 5.86. The van der Waals surface area contributed by atoms with Crippen LogP contribution in [0.5, 0.6) is 0 Å². The van der Waals surface area contributed by atoms with Crippen LogP contribution in [0.25, 0.3) is 11.1 Å². The minimum absolute atomic E-state index is 0.534. The summed E-state index contributed by atoms with van der Waals surface area (Å²) in [5.74, 6) is 0.661. The fourth-order valence-corrected chi connectivity index (χ4v) is 2.82. The molecule has 0 amide bonds. The monoisotopic (exact) mass is 259 g/mol. The molecule has 4 heteroatoms. The Kier molecular flexibility index (Phi) is 3.42. The van der Waals surface area contributed by atoms with E-state index in [1.165, 1.54) is 12.8 Å². The third kappa shape index (κ3) is 2.45. The third-order valence-electron chi connectivity index (χ3n) is 4.17. The number of anilines is 1. The lowest BCUT2D eigenvalue weighted by Crippen LogP contribution is -2.43. The number of nitrogens with zero attached hydrogens (tertiary/aromatic N) is 2. The van der Waals surface area contributed by atoms with Crippen molar-refractivity contribution in [3.05, 3.63) is 24.3 Å². The first kappa shape index (κ1) is 12.5. The molecule has 4 nitrogen and oxygen atoms in total. The van der Waals surface area contributed by atoms with Gasteiger partial charge in [-0.2, -0.15) is 4.98 Å². The van der Waals surface area contributed by atoms with Crippen molar-refractivity contribution in [2.45, 2.75) is 25.8 Å². The van der Waals surface area contributed by atoms with Crippen LogP contribution in [0.3, 0.4) is 0 Å². The molecule has 1 aliphatic rings. The van der Waals surface area contributed by atoms with Crippen molar-refractivity contribution < 1.29 is 4.42 Å². The molecule has 1 aromatic carbocycles. The lowest BCUT2D eigenvalue weighted by molar-refractivity contribution is 0.324. The lowest BCUT2D eigenvalue weighted by atomic mass is 9.92. The second-order valence-electron chi connectivity index (χ2n) is 5.39. The number of benzene rings is 1. The number of hydrogen-bond donors (Lipinski definition) is 1. The molecule has 2 atom stereocenters. The molecule has 0 spiro atoms. The van der Waals surface area contributed by atoms with Crippen molar-refractivity contribution in [2.75, 3.05) is 25.0 Å². The van der Waals surface area contributed by atoms with Crippen LogP contribution in [-0.4, -0.2) is 31.2 Å². The molecular weight excluding hydrogens is 238 g/mol. The van der Waals surface area contributed by atoms with Gasteiger partial charge in [0, 0.05) is 19.1 Å². The Morgan fingerprint density at radius 1 is 1.42 bits per heavy atom. The van der Waals surface area contributed by atoms with E-state index < -0.39 is 0 Å². The summed E-state index contributed by atoms with van der Waals surface area (Å²) in [5, 5.41) is 3.36. The van der Waals surface area contributed by atoms with E-state index in [1.54, 1.807) is 0 Å². The zero-order valence-corrected chi connectivity index (χ0v) is 11.6. The van der Waals surface area contributed by atoms with Crippen LogP contribution in [0.4, 0.5) is 6.01 Å². The summed E-state index contributed by atoms with van der Waals surface area (Å²) in [6.07, 6.45) is 2.48. The number of piperidine rings is 1. The number of oxazole rings is 1. The summed E-state index contributed by atoms with van der Waals surface area (Å²) in [6, 6.07) is 9.26. The van der Waals surface area contributed by atoms with Gasteiger partial charge in [0.1, 0.15) is 5.52 Å². The van der Waals surface area contributed by atoms with Crippen molar-refractivity contribution in [1.82, 2.24) is 10.3 Å². The Hall–Kier alpha value is -1.55. The summed E-state index contributed by atoms with van der Waals surface area (Å²) < 4.78 is 5.86. The van der Waals surface area contributed by atoms with Gasteiger partial charge in [0.25, 0.3) is 6.01 Å². The number of fused-ring (bicyclic) bond motifs is 1. The van der Waals surface area contributed by atoms with E-state index in [-0.39, 0.29) is 0 Å². The standard InChI is InChI=1S/C15H21N3O/c1-11(16-2)12-6-5-9-18(10-12)15-17-13-7-3-4-8-14(13)19-15/h3-4,7-8,11-12,16H,5-6,9-10H2,1-2H3. The van der Waals surface area contributed by atoms with Gasteiger partial charge in [-0.15, -0.1) is 0 Å². The SMILES string of the molecule is CNC(C)C1CCCN(c2nc3ccccc3o2)C1. The Bertz CT molecular complexity index is 518. The molecular formula is C15H21N3O. The fraction of sp³-hybridized carbons (Fsp3) is 0.533. The number of hydrogen-bond acceptors (Lipinski definition) is 4. The van der Waals surface area contributed by atoms with Gasteiger partial charge in [-0.1, -0.05) is 12.1 Å². The van der Waals surface area contributed by atoms with Crippen LogP contribution >= 0.6 is 0 Å². The molecule has 19 heavy (non-hydrogen) atoms. The Morgan fingerprint density at radius 3 is 3.05 bits per heavy atom. The quantitative estimate of drug-likeness (QED) is 0.920. The molecule has 0 bridgehead atoms. The van der Waals surface area contributed by atoms with Gasteiger partial charge >= 0.3 is 0 Å². The summed E-state index contributed by atoms with van der Waals surface area (Å²) >= 11 is 0. The molecule has 3 rings (SSSR count). The average Bonchev–Trinajstić information content (AvgIpc) is 2.90. The minimum atomic E-state index is 0.534. The maximum Gasteiger partial charge on any atom is 0.298 e. The first-order valence-electron chi connectivity index (χ1n) is 7.05. The van der Waals surface area contributed by atoms with E-state index in [0.717, 1.165) is 30.2 Å². The highest BCUT2D eigenvalue weighted by Crippen LogP contribution is 2.27. The Balaban J connectivity index is 1.81. The lowest BCUT2D eigenvalue weighted by Gasteiger charge is -2.34. The topological polar surface area (TPSA) is 41.3 Å². The second kappa shape index (κ2) is 5.21. The molecule has 1 aromatic heterocycles. The summed E-state index contributed by atoms with van der Waals surface area (Å²) in [5.41, 5.74) is 1.82. The van der Waals surface area contributed by atoms with E-state index in [9.17, 15) is 0 Å². The van der Waals surface area contributed by atoms with Crippen LogP contribution in [0.15, 0.2) is 28.7 Å². The largest absolute Gasteiger partial charge is 0.423 e. The molecule has 1 N–H and O–H groups in total. The summed E-state index contributed by atoms with van der Waals surface area (Å²) in [6.45, 7) is 4.31. The van der Waals surface area contributed by atoms with Crippen molar-refractivity contribution in [2.24, 2.45) is 5.92 Å². The molecule has 2 aromatic rings. The molecule has 1 fully saturated rings. The summed E-state index contributed by atoms with van der Waals surface area (Å²) in [4.78, 5) is 6.87. The van der Waals surface area contributed by atoms with Crippen molar-refractivity contribution in [3.8, 4) is 0 Å². The Morgan fingerprint density at radius 2 is 2.26 bits per heavy atom.